The van der Waals surface area contributed by atoms with E-state index in [1.807, 2.05) is 25.1 Å². The van der Waals surface area contributed by atoms with Crippen LogP contribution in [0.25, 0.3) is 11.6 Å². The average molecular weight is 395 g/mol. The van der Waals surface area contributed by atoms with Crippen LogP contribution >= 0.6 is 0 Å². The number of hydrogen-bond acceptors (Lipinski definition) is 7. The minimum Gasteiger partial charge on any atom is -0.419 e. The van der Waals surface area contributed by atoms with E-state index < -0.39 is 0 Å². The van der Waals surface area contributed by atoms with Gasteiger partial charge in [-0.1, -0.05) is 18.1 Å². The van der Waals surface area contributed by atoms with Crippen molar-refractivity contribution in [2.75, 3.05) is 6.54 Å². The van der Waals surface area contributed by atoms with Crippen molar-refractivity contribution in [3.8, 4) is 11.6 Å². The first-order valence-corrected chi connectivity index (χ1v) is 10.1. The van der Waals surface area contributed by atoms with Crippen LogP contribution in [0.15, 0.2) is 33.3 Å². The lowest BCUT2D eigenvalue weighted by atomic mass is 9.82. The summed E-state index contributed by atoms with van der Waals surface area (Å²) in [6.45, 7) is 4.39. The standard InChI is InChI=1S/C21H25N5O3/c1-3-16-18(13(2)29-26-16)19(27)23-12-14-7-9-15(10-8-14)20-24-25-21(28-20)17-6-4-5-11-22-17/h4-6,11,14-15H,3,7-10,12H2,1-2H3,(H,23,27). The number of aromatic nitrogens is 4. The van der Waals surface area contributed by atoms with Crippen LogP contribution < -0.4 is 5.32 Å². The van der Waals surface area contributed by atoms with Crippen LogP contribution in [0.1, 0.15) is 66.2 Å². The van der Waals surface area contributed by atoms with Crippen LogP contribution in [0.5, 0.6) is 0 Å². The Kier molecular flexibility index (Phi) is 5.69. The third-order valence-corrected chi connectivity index (χ3v) is 5.57. The quantitative estimate of drug-likeness (QED) is 0.678. The number of carbonyl (C=O) groups is 1. The number of amides is 1. The van der Waals surface area contributed by atoms with Gasteiger partial charge in [0, 0.05) is 18.7 Å². The maximum absolute atomic E-state index is 12.5. The van der Waals surface area contributed by atoms with Crippen molar-refractivity contribution in [1.82, 2.24) is 25.7 Å². The minimum absolute atomic E-state index is 0.0976. The Labute approximate surface area is 169 Å². The van der Waals surface area contributed by atoms with E-state index in [4.69, 9.17) is 8.94 Å². The van der Waals surface area contributed by atoms with Crippen LogP contribution in [0.2, 0.25) is 0 Å². The molecule has 4 rings (SSSR count). The molecule has 8 heteroatoms. The van der Waals surface area contributed by atoms with Crippen LogP contribution in [0.4, 0.5) is 0 Å². The average Bonchev–Trinajstić information content (AvgIpc) is 3.40. The molecule has 0 spiro atoms. The van der Waals surface area contributed by atoms with Crippen molar-refractivity contribution in [1.29, 1.82) is 0 Å². The molecule has 0 aliphatic heterocycles. The molecule has 1 N–H and O–H groups in total. The lowest BCUT2D eigenvalue weighted by Crippen LogP contribution is -2.31. The van der Waals surface area contributed by atoms with Gasteiger partial charge < -0.3 is 14.3 Å². The normalized spacial score (nSPS) is 19.2. The molecule has 3 aromatic heterocycles. The van der Waals surface area contributed by atoms with E-state index in [0.717, 1.165) is 25.7 Å². The topological polar surface area (TPSA) is 107 Å². The van der Waals surface area contributed by atoms with Gasteiger partial charge in [-0.05, 0) is 57.1 Å². The molecule has 0 unspecified atom stereocenters. The molecular formula is C21H25N5O3. The Bertz CT molecular complexity index is 958. The third kappa shape index (κ3) is 4.21. The molecule has 0 bridgehead atoms. The highest BCUT2D eigenvalue weighted by molar-refractivity contribution is 5.96. The Balaban J connectivity index is 1.29. The number of nitrogens with zero attached hydrogens (tertiary/aromatic N) is 4. The first-order chi connectivity index (χ1) is 14.2. The Morgan fingerprint density at radius 3 is 2.76 bits per heavy atom. The second-order valence-corrected chi connectivity index (χ2v) is 7.50. The number of hydrogen-bond donors (Lipinski definition) is 1. The molecule has 0 aromatic carbocycles. The van der Waals surface area contributed by atoms with Gasteiger partial charge in [-0.25, -0.2) is 0 Å². The van der Waals surface area contributed by atoms with Crippen molar-refractivity contribution in [3.63, 3.8) is 0 Å². The summed E-state index contributed by atoms with van der Waals surface area (Å²) in [7, 11) is 0. The van der Waals surface area contributed by atoms with Gasteiger partial charge >= 0.3 is 0 Å². The molecule has 29 heavy (non-hydrogen) atoms. The number of rotatable bonds is 6. The minimum atomic E-state index is -0.0976. The predicted molar refractivity (Wildman–Crippen MR) is 105 cm³/mol. The molecule has 0 radical (unpaired) electrons. The van der Waals surface area contributed by atoms with Crippen molar-refractivity contribution >= 4 is 5.91 Å². The Hall–Kier alpha value is -3.03. The lowest BCUT2D eigenvalue weighted by molar-refractivity contribution is 0.0940. The Morgan fingerprint density at radius 1 is 1.21 bits per heavy atom. The fraction of sp³-hybridized carbons (Fsp3) is 0.476. The monoisotopic (exact) mass is 395 g/mol. The third-order valence-electron chi connectivity index (χ3n) is 5.57. The molecule has 0 atom stereocenters. The van der Waals surface area contributed by atoms with Gasteiger partial charge in [0.1, 0.15) is 17.0 Å². The summed E-state index contributed by atoms with van der Waals surface area (Å²) in [4.78, 5) is 16.8. The first-order valence-electron chi connectivity index (χ1n) is 10.1. The molecule has 0 saturated heterocycles. The number of nitrogens with one attached hydrogen (secondary N) is 1. The zero-order valence-corrected chi connectivity index (χ0v) is 16.7. The van der Waals surface area contributed by atoms with Crippen molar-refractivity contribution in [2.45, 2.75) is 51.9 Å². The van der Waals surface area contributed by atoms with Crippen LogP contribution in [-0.2, 0) is 6.42 Å². The van der Waals surface area contributed by atoms with Crippen molar-refractivity contribution in [3.05, 3.63) is 47.3 Å². The first kappa shape index (κ1) is 19.3. The van der Waals surface area contributed by atoms with Gasteiger partial charge in [0.05, 0.1) is 5.69 Å². The van der Waals surface area contributed by atoms with E-state index in [1.165, 1.54) is 0 Å². The highest BCUT2D eigenvalue weighted by Crippen LogP contribution is 2.35. The van der Waals surface area contributed by atoms with Gasteiger partial charge in [-0.3, -0.25) is 9.78 Å². The predicted octanol–water partition coefficient (Wildman–Crippen LogP) is 3.69. The second-order valence-electron chi connectivity index (χ2n) is 7.50. The Morgan fingerprint density at radius 2 is 2.03 bits per heavy atom. The summed E-state index contributed by atoms with van der Waals surface area (Å²) >= 11 is 0. The van der Waals surface area contributed by atoms with E-state index in [0.29, 0.717) is 53.4 Å². The van der Waals surface area contributed by atoms with Crippen molar-refractivity contribution in [2.24, 2.45) is 5.92 Å². The number of carbonyl (C=O) groups excluding carboxylic acids is 1. The van der Waals surface area contributed by atoms with E-state index >= 15 is 0 Å². The SMILES string of the molecule is CCc1noc(C)c1C(=O)NCC1CCC(c2nnc(-c3ccccn3)o2)CC1. The van der Waals surface area contributed by atoms with E-state index in [1.54, 1.807) is 13.1 Å². The molecule has 1 aliphatic rings. The van der Waals surface area contributed by atoms with E-state index in [9.17, 15) is 4.79 Å². The highest BCUT2D eigenvalue weighted by Gasteiger charge is 2.27. The fourth-order valence-corrected chi connectivity index (χ4v) is 3.88. The molecule has 3 heterocycles. The van der Waals surface area contributed by atoms with Gasteiger partial charge in [0.25, 0.3) is 11.8 Å². The van der Waals surface area contributed by atoms with Crippen LogP contribution in [0.3, 0.4) is 0 Å². The molecule has 1 amide bonds. The van der Waals surface area contributed by atoms with E-state index in [2.05, 4.69) is 25.7 Å². The van der Waals surface area contributed by atoms with E-state index in [-0.39, 0.29) is 11.8 Å². The second kappa shape index (κ2) is 8.55. The van der Waals surface area contributed by atoms with Gasteiger partial charge in [-0.15, -0.1) is 10.2 Å². The summed E-state index contributed by atoms with van der Waals surface area (Å²) in [6.07, 6.45) is 6.35. The summed E-state index contributed by atoms with van der Waals surface area (Å²) in [5.41, 5.74) is 1.98. The molecule has 1 fully saturated rings. The fourth-order valence-electron chi connectivity index (χ4n) is 3.88. The van der Waals surface area contributed by atoms with Crippen LogP contribution in [-0.4, -0.2) is 32.8 Å². The molecule has 3 aromatic rings. The molecule has 152 valence electrons. The summed E-state index contributed by atoms with van der Waals surface area (Å²) < 4.78 is 11.0. The summed E-state index contributed by atoms with van der Waals surface area (Å²) in [5, 5.41) is 15.4. The van der Waals surface area contributed by atoms with Gasteiger partial charge in [-0.2, -0.15) is 0 Å². The summed E-state index contributed by atoms with van der Waals surface area (Å²) in [6, 6.07) is 5.61. The van der Waals surface area contributed by atoms with Crippen LogP contribution in [0, 0.1) is 12.8 Å². The maximum Gasteiger partial charge on any atom is 0.266 e. The maximum atomic E-state index is 12.5. The molecular weight excluding hydrogens is 370 g/mol. The largest absolute Gasteiger partial charge is 0.419 e. The zero-order valence-electron chi connectivity index (χ0n) is 16.7. The molecule has 1 aliphatic carbocycles. The molecule has 8 nitrogen and oxygen atoms in total. The molecule has 1 saturated carbocycles. The lowest BCUT2D eigenvalue weighted by Gasteiger charge is -2.26. The summed E-state index contributed by atoms with van der Waals surface area (Å²) in [5.74, 6) is 2.33. The van der Waals surface area contributed by atoms with Gasteiger partial charge in [0.15, 0.2) is 0 Å². The highest BCUT2D eigenvalue weighted by atomic mass is 16.5. The van der Waals surface area contributed by atoms with Crippen molar-refractivity contribution < 1.29 is 13.7 Å². The van der Waals surface area contributed by atoms with Gasteiger partial charge in [0.2, 0.25) is 5.89 Å². The zero-order chi connectivity index (χ0) is 20.2. The number of pyridine rings is 1. The smallest absolute Gasteiger partial charge is 0.266 e. The number of aryl methyl sites for hydroxylation is 2.